The summed E-state index contributed by atoms with van der Waals surface area (Å²) >= 11 is 0. The number of nitrogens with zero attached hydrogens (tertiary/aromatic N) is 1. The molecule has 0 atom stereocenters. The Bertz CT molecular complexity index is 610. The van der Waals surface area contributed by atoms with E-state index in [4.69, 9.17) is 5.73 Å². The molecule has 2 aromatic rings. The fraction of sp³-hybridized carbons (Fsp3) is 0.235. The number of aryl methyl sites for hydroxylation is 1. The third-order valence-electron chi connectivity index (χ3n) is 3.24. The van der Waals surface area contributed by atoms with Gasteiger partial charge < -0.3 is 10.6 Å². The number of hydrogen-bond donors (Lipinski definition) is 1. The fourth-order valence-corrected chi connectivity index (χ4v) is 2.14. The van der Waals surface area contributed by atoms with Crippen molar-refractivity contribution in [3.05, 3.63) is 65.5 Å². The zero-order chi connectivity index (χ0) is 15.2. The monoisotopic (exact) mass is 286 g/mol. The number of halogens is 1. The van der Waals surface area contributed by atoms with Gasteiger partial charge in [0.1, 0.15) is 5.82 Å². The molecule has 3 nitrogen and oxygen atoms in total. The van der Waals surface area contributed by atoms with Gasteiger partial charge in [0.15, 0.2) is 0 Å². The molecular formula is C17H19FN2O. The van der Waals surface area contributed by atoms with Gasteiger partial charge in [-0.2, -0.15) is 0 Å². The predicted octanol–water partition coefficient (Wildman–Crippen LogP) is 3.13. The first-order chi connectivity index (χ1) is 10.1. The van der Waals surface area contributed by atoms with Crippen LogP contribution in [0.4, 0.5) is 10.1 Å². The molecule has 0 saturated carbocycles. The van der Waals surface area contributed by atoms with E-state index in [2.05, 4.69) is 0 Å². The lowest BCUT2D eigenvalue weighted by Crippen LogP contribution is -2.33. The highest BCUT2D eigenvalue weighted by Crippen LogP contribution is 2.19. The van der Waals surface area contributed by atoms with Crippen molar-refractivity contribution in [1.82, 2.24) is 0 Å². The molecule has 0 fully saturated rings. The van der Waals surface area contributed by atoms with Crippen molar-refractivity contribution in [2.45, 2.75) is 13.3 Å². The lowest BCUT2D eigenvalue weighted by Gasteiger charge is -2.23. The number of carbonyl (C=O) groups is 1. The number of rotatable bonds is 5. The Morgan fingerprint density at radius 1 is 1.19 bits per heavy atom. The number of hydrogen-bond acceptors (Lipinski definition) is 2. The lowest BCUT2D eigenvalue weighted by molar-refractivity contribution is 0.0987. The molecule has 0 radical (unpaired) electrons. The molecule has 1 amide bonds. The summed E-state index contributed by atoms with van der Waals surface area (Å²) in [6, 6.07) is 13.3. The van der Waals surface area contributed by atoms with E-state index in [1.807, 2.05) is 31.2 Å². The van der Waals surface area contributed by atoms with E-state index < -0.39 is 0 Å². The summed E-state index contributed by atoms with van der Waals surface area (Å²) in [5.74, 6) is -0.496. The Labute approximate surface area is 124 Å². The zero-order valence-electron chi connectivity index (χ0n) is 12.1. The molecule has 0 aliphatic carbocycles. The van der Waals surface area contributed by atoms with Crippen LogP contribution in [0.3, 0.4) is 0 Å². The third kappa shape index (κ3) is 3.89. The van der Waals surface area contributed by atoms with E-state index in [1.54, 1.807) is 4.90 Å². The molecule has 110 valence electrons. The molecule has 0 spiro atoms. The number of benzene rings is 2. The molecule has 0 aliphatic heterocycles. The third-order valence-corrected chi connectivity index (χ3v) is 3.24. The first kappa shape index (κ1) is 15.2. The van der Waals surface area contributed by atoms with Gasteiger partial charge in [0.25, 0.3) is 5.91 Å². The number of anilines is 1. The summed E-state index contributed by atoms with van der Waals surface area (Å²) < 4.78 is 13.0. The van der Waals surface area contributed by atoms with Gasteiger partial charge in [-0.15, -0.1) is 0 Å². The van der Waals surface area contributed by atoms with Gasteiger partial charge in [0, 0.05) is 17.8 Å². The normalized spacial score (nSPS) is 10.4. The van der Waals surface area contributed by atoms with E-state index in [1.165, 1.54) is 24.3 Å². The van der Waals surface area contributed by atoms with Gasteiger partial charge in [0.05, 0.1) is 0 Å². The Kier molecular flexibility index (Phi) is 5.06. The molecule has 0 aromatic heterocycles. The van der Waals surface area contributed by atoms with Crippen LogP contribution in [0.2, 0.25) is 0 Å². The van der Waals surface area contributed by atoms with Gasteiger partial charge in [-0.05, 0) is 61.9 Å². The van der Waals surface area contributed by atoms with E-state index in [0.717, 1.165) is 11.3 Å². The van der Waals surface area contributed by atoms with Gasteiger partial charge in [0.2, 0.25) is 0 Å². The molecule has 0 bridgehead atoms. The standard InChI is InChI=1S/C17H19FN2O/c1-13-4-2-5-16(12-13)20(11-3-10-19)17(21)14-6-8-15(18)9-7-14/h2,4-9,12H,3,10-11,19H2,1H3. The largest absolute Gasteiger partial charge is 0.330 e. The van der Waals surface area contributed by atoms with E-state index in [9.17, 15) is 9.18 Å². The second kappa shape index (κ2) is 6.99. The number of amides is 1. The summed E-state index contributed by atoms with van der Waals surface area (Å²) in [6.07, 6.45) is 0.709. The maximum absolute atomic E-state index is 13.0. The van der Waals surface area contributed by atoms with Crippen LogP contribution < -0.4 is 10.6 Å². The highest BCUT2D eigenvalue weighted by molar-refractivity contribution is 6.06. The summed E-state index contributed by atoms with van der Waals surface area (Å²) in [7, 11) is 0. The highest BCUT2D eigenvalue weighted by Gasteiger charge is 2.17. The van der Waals surface area contributed by atoms with Crippen LogP contribution >= 0.6 is 0 Å². The topological polar surface area (TPSA) is 46.3 Å². The summed E-state index contributed by atoms with van der Waals surface area (Å²) in [4.78, 5) is 14.3. The molecule has 0 aliphatic rings. The molecule has 0 unspecified atom stereocenters. The second-order valence-corrected chi connectivity index (χ2v) is 4.94. The summed E-state index contributed by atoms with van der Waals surface area (Å²) in [6.45, 7) is 3.03. The Hall–Kier alpha value is -2.20. The van der Waals surface area contributed by atoms with Gasteiger partial charge in [-0.25, -0.2) is 4.39 Å². The van der Waals surface area contributed by atoms with E-state index in [0.29, 0.717) is 25.1 Å². The molecule has 2 N–H and O–H groups in total. The molecule has 0 heterocycles. The van der Waals surface area contributed by atoms with Crippen molar-refractivity contribution in [2.75, 3.05) is 18.0 Å². The van der Waals surface area contributed by atoms with E-state index >= 15 is 0 Å². The van der Waals surface area contributed by atoms with Crippen LogP contribution in [-0.2, 0) is 0 Å². The van der Waals surface area contributed by atoms with Crippen LogP contribution in [0.15, 0.2) is 48.5 Å². The first-order valence-electron chi connectivity index (χ1n) is 6.96. The smallest absolute Gasteiger partial charge is 0.258 e. The second-order valence-electron chi connectivity index (χ2n) is 4.94. The SMILES string of the molecule is Cc1cccc(N(CCCN)C(=O)c2ccc(F)cc2)c1. The molecule has 4 heteroatoms. The predicted molar refractivity (Wildman–Crippen MR) is 82.9 cm³/mol. The van der Waals surface area contributed by atoms with Crippen molar-refractivity contribution in [3.63, 3.8) is 0 Å². The van der Waals surface area contributed by atoms with Gasteiger partial charge in [-0.1, -0.05) is 12.1 Å². The Morgan fingerprint density at radius 3 is 2.52 bits per heavy atom. The van der Waals surface area contributed by atoms with E-state index in [-0.39, 0.29) is 11.7 Å². The molecule has 0 saturated heterocycles. The van der Waals surface area contributed by atoms with Gasteiger partial charge >= 0.3 is 0 Å². The highest BCUT2D eigenvalue weighted by atomic mass is 19.1. The van der Waals surface area contributed by atoms with Crippen molar-refractivity contribution >= 4 is 11.6 Å². The minimum atomic E-state index is -0.351. The number of nitrogens with two attached hydrogens (primary N) is 1. The quantitative estimate of drug-likeness (QED) is 0.918. The summed E-state index contributed by atoms with van der Waals surface area (Å²) in [5.41, 5.74) is 7.94. The number of carbonyl (C=O) groups excluding carboxylic acids is 1. The van der Waals surface area contributed by atoms with Crippen LogP contribution in [0, 0.1) is 12.7 Å². The first-order valence-corrected chi connectivity index (χ1v) is 6.96. The summed E-state index contributed by atoms with van der Waals surface area (Å²) in [5, 5.41) is 0. The average molecular weight is 286 g/mol. The minimum absolute atomic E-state index is 0.144. The van der Waals surface area contributed by atoms with Crippen LogP contribution in [-0.4, -0.2) is 19.0 Å². The Balaban J connectivity index is 2.31. The molecular weight excluding hydrogens is 267 g/mol. The maximum atomic E-state index is 13.0. The van der Waals surface area contributed by atoms with Crippen molar-refractivity contribution in [3.8, 4) is 0 Å². The Morgan fingerprint density at radius 2 is 1.90 bits per heavy atom. The van der Waals surface area contributed by atoms with Gasteiger partial charge in [-0.3, -0.25) is 4.79 Å². The maximum Gasteiger partial charge on any atom is 0.258 e. The van der Waals surface area contributed by atoms with Crippen LogP contribution in [0.25, 0.3) is 0 Å². The average Bonchev–Trinajstić information content (AvgIpc) is 2.48. The molecule has 2 aromatic carbocycles. The molecule has 2 rings (SSSR count). The zero-order valence-corrected chi connectivity index (χ0v) is 12.1. The minimum Gasteiger partial charge on any atom is -0.330 e. The molecule has 21 heavy (non-hydrogen) atoms. The van der Waals surface area contributed by atoms with Crippen molar-refractivity contribution in [2.24, 2.45) is 5.73 Å². The van der Waals surface area contributed by atoms with Crippen LogP contribution in [0.5, 0.6) is 0 Å². The van der Waals surface area contributed by atoms with Crippen molar-refractivity contribution in [1.29, 1.82) is 0 Å². The van der Waals surface area contributed by atoms with Crippen LogP contribution in [0.1, 0.15) is 22.3 Å². The fourth-order valence-electron chi connectivity index (χ4n) is 2.14. The van der Waals surface area contributed by atoms with Crippen molar-refractivity contribution < 1.29 is 9.18 Å². The lowest BCUT2D eigenvalue weighted by atomic mass is 10.1.